The van der Waals surface area contributed by atoms with Crippen LogP contribution in [0.4, 0.5) is 0 Å². The van der Waals surface area contributed by atoms with E-state index in [4.69, 9.17) is 0 Å². The van der Waals surface area contributed by atoms with Crippen LogP contribution in [0.5, 0.6) is 0 Å². The minimum Gasteiger partial charge on any atom is -0.313 e. The van der Waals surface area contributed by atoms with Gasteiger partial charge < -0.3 is 5.32 Å². The summed E-state index contributed by atoms with van der Waals surface area (Å²) in [5, 5.41) is 3.35. The Bertz CT molecular complexity index is 102. The first-order valence-electron chi connectivity index (χ1n) is 3.82. The molecule has 0 bridgehead atoms. The zero-order valence-corrected chi connectivity index (χ0v) is 7.34. The number of nitrogens with one attached hydrogen (secondary N) is 1. The van der Waals surface area contributed by atoms with Crippen LogP contribution in [-0.2, 0) is 0 Å². The molecule has 1 aliphatic rings. The fourth-order valence-electron chi connectivity index (χ4n) is 1.24. The third-order valence-electron chi connectivity index (χ3n) is 1.70. The van der Waals surface area contributed by atoms with Gasteiger partial charge in [0.25, 0.3) is 0 Å². The zero-order valence-electron chi connectivity index (χ0n) is 6.52. The number of rotatable bonds is 1. The lowest BCUT2D eigenvalue weighted by Gasteiger charge is -2.14. The van der Waals surface area contributed by atoms with E-state index in [-0.39, 0.29) is 12.4 Å². The highest BCUT2D eigenvalue weighted by Crippen LogP contribution is 2.08. The Hall–Kier alpha value is -0.0100. The average Bonchev–Trinajstić information content (AvgIpc) is 1.91. The summed E-state index contributed by atoms with van der Waals surface area (Å²) in [5.41, 5.74) is 1.60. The number of halogens is 1. The average molecular weight is 162 g/mol. The molecular weight excluding hydrogens is 146 g/mol. The van der Waals surface area contributed by atoms with E-state index in [1.807, 2.05) is 0 Å². The molecule has 0 radical (unpaired) electrons. The fourth-order valence-corrected chi connectivity index (χ4v) is 1.24. The molecule has 10 heavy (non-hydrogen) atoms. The highest BCUT2D eigenvalue weighted by atomic mass is 35.5. The molecule has 0 amide bonds. The van der Waals surface area contributed by atoms with Gasteiger partial charge in [-0.1, -0.05) is 18.6 Å². The van der Waals surface area contributed by atoms with Gasteiger partial charge in [-0.25, -0.2) is 0 Å². The van der Waals surface area contributed by atoms with Crippen molar-refractivity contribution in [2.75, 3.05) is 13.1 Å². The minimum atomic E-state index is 0. The first-order chi connectivity index (χ1) is 4.43. The van der Waals surface area contributed by atoms with Crippen LogP contribution in [0, 0.1) is 0 Å². The molecule has 1 aliphatic heterocycles. The van der Waals surface area contributed by atoms with Gasteiger partial charge in [-0.3, -0.25) is 0 Å². The van der Waals surface area contributed by atoms with Crippen LogP contribution >= 0.6 is 12.4 Å². The van der Waals surface area contributed by atoms with Crippen molar-refractivity contribution in [3.05, 3.63) is 11.6 Å². The molecule has 0 aromatic rings. The van der Waals surface area contributed by atoms with Crippen molar-refractivity contribution in [1.29, 1.82) is 0 Å². The van der Waals surface area contributed by atoms with Gasteiger partial charge >= 0.3 is 0 Å². The molecule has 1 saturated heterocycles. The lowest BCUT2D eigenvalue weighted by atomic mass is 10.1. The fraction of sp³-hybridized carbons (Fsp3) is 0.750. The van der Waals surface area contributed by atoms with E-state index in [1.54, 1.807) is 5.57 Å². The van der Waals surface area contributed by atoms with Gasteiger partial charge in [0.15, 0.2) is 0 Å². The zero-order chi connectivity index (χ0) is 6.53. The Morgan fingerprint density at radius 3 is 2.90 bits per heavy atom. The lowest BCUT2D eigenvalue weighted by Crippen LogP contribution is -2.23. The summed E-state index contributed by atoms with van der Waals surface area (Å²) in [6, 6.07) is 0. The van der Waals surface area contributed by atoms with Crippen molar-refractivity contribution < 1.29 is 0 Å². The van der Waals surface area contributed by atoms with Crippen LogP contribution in [0.1, 0.15) is 26.2 Å². The molecule has 1 fully saturated rings. The van der Waals surface area contributed by atoms with E-state index in [9.17, 15) is 0 Å². The monoisotopic (exact) mass is 161 g/mol. The van der Waals surface area contributed by atoms with Gasteiger partial charge in [-0.05, 0) is 25.8 Å². The van der Waals surface area contributed by atoms with Crippen LogP contribution < -0.4 is 5.32 Å². The van der Waals surface area contributed by atoms with E-state index in [1.165, 1.54) is 25.8 Å². The highest BCUT2D eigenvalue weighted by Gasteiger charge is 2.01. The maximum Gasteiger partial charge on any atom is 0.0164 e. The van der Waals surface area contributed by atoms with Gasteiger partial charge in [0.1, 0.15) is 0 Å². The van der Waals surface area contributed by atoms with Crippen LogP contribution in [0.2, 0.25) is 0 Å². The Morgan fingerprint density at radius 2 is 2.40 bits per heavy atom. The molecule has 0 saturated carbocycles. The molecule has 2 heteroatoms. The predicted octanol–water partition coefficient (Wildman–Crippen LogP) is 2.13. The van der Waals surface area contributed by atoms with Crippen molar-refractivity contribution in [3.63, 3.8) is 0 Å². The molecule has 1 nitrogen and oxygen atoms in total. The number of allylic oxidation sites excluding steroid dienone is 1. The molecule has 0 unspecified atom stereocenters. The molecule has 1 heterocycles. The smallest absolute Gasteiger partial charge is 0.0164 e. The molecule has 60 valence electrons. The summed E-state index contributed by atoms with van der Waals surface area (Å²) < 4.78 is 0. The Morgan fingerprint density at radius 1 is 1.60 bits per heavy atom. The minimum absolute atomic E-state index is 0. The maximum absolute atomic E-state index is 3.35. The SMILES string of the molecule is CCC=C1CCCNC1.Cl. The van der Waals surface area contributed by atoms with Crippen LogP contribution in [0.15, 0.2) is 11.6 Å². The molecule has 0 aromatic heterocycles. The summed E-state index contributed by atoms with van der Waals surface area (Å²) in [7, 11) is 0. The number of hydrogen-bond acceptors (Lipinski definition) is 1. The first kappa shape index (κ1) is 9.99. The van der Waals surface area contributed by atoms with Crippen molar-refractivity contribution in [1.82, 2.24) is 5.32 Å². The molecule has 0 aromatic carbocycles. The van der Waals surface area contributed by atoms with Crippen molar-refractivity contribution in [2.24, 2.45) is 0 Å². The molecule has 0 spiro atoms. The third kappa shape index (κ3) is 3.23. The van der Waals surface area contributed by atoms with Crippen LogP contribution in [0.25, 0.3) is 0 Å². The maximum atomic E-state index is 3.35. The van der Waals surface area contributed by atoms with E-state index < -0.39 is 0 Å². The first-order valence-corrected chi connectivity index (χ1v) is 3.82. The van der Waals surface area contributed by atoms with E-state index in [0.29, 0.717) is 0 Å². The second kappa shape index (κ2) is 5.75. The molecule has 0 atom stereocenters. The normalized spacial score (nSPS) is 22.3. The Balaban J connectivity index is 0.000000810. The van der Waals surface area contributed by atoms with Crippen molar-refractivity contribution >= 4 is 12.4 Å². The topological polar surface area (TPSA) is 12.0 Å². The largest absolute Gasteiger partial charge is 0.313 e. The summed E-state index contributed by atoms with van der Waals surface area (Å²) in [6.45, 7) is 4.54. The summed E-state index contributed by atoms with van der Waals surface area (Å²) in [6.07, 6.45) is 6.18. The van der Waals surface area contributed by atoms with E-state index in [0.717, 1.165) is 6.54 Å². The second-order valence-corrected chi connectivity index (χ2v) is 2.55. The molecule has 1 rings (SSSR count). The second-order valence-electron chi connectivity index (χ2n) is 2.55. The van der Waals surface area contributed by atoms with Crippen molar-refractivity contribution in [3.8, 4) is 0 Å². The van der Waals surface area contributed by atoms with Gasteiger partial charge in [0.05, 0.1) is 0 Å². The number of piperidine rings is 1. The molecule has 1 N–H and O–H groups in total. The van der Waals surface area contributed by atoms with Crippen LogP contribution in [-0.4, -0.2) is 13.1 Å². The molecular formula is C8H16ClN. The standard InChI is InChI=1S/C8H15N.ClH/c1-2-4-8-5-3-6-9-7-8;/h4,9H,2-3,5-7H2,1H3;1H. The number of hydrogen-bond donors (Lipinski definition) is 1. The quantitative estimate of drug-likeness (QED) is 0.581. The summed E-state index contributed by atoms with van der Waals surface area (Å²) in [4.78, 5) is 0. The van der Waals surface area contributed by atoms with Gasteiger partial charge in [-0.15, -0.1) is 12.4 Å². The Kier molecular flexibility index (Phi) is 5.74. The van der Waals surface area contributed by atoms with E-state index >= 15 is 0 Å². The van der Waals surface area contributed by atoms with Crippen LogP contribution in [0.3, 0.4) is 0 Å². The van der Waals surface area contributed by atoms with Gasteiger partial charge in [0, 0.05) is 6.54 Å². The Labute approximate surface area is 69.3 Å². The van der Waals surface area contributed by atoms with E-state index in [2.05, 4.69) is 18.3 Å². The summed E-state index contributed by atoms with van der Waals surface area (Å²) >= 11 is 0. The lowest BCUT2D eigenvalue weighted by molar-refractivity contribution is 0.607. The van der Waals surface area contributed by atoms with Gasteiger partial charge in [-0.2, -0.15) is 0 Å². The van der Waals surface area contributed by atoms with Crippen molar-refractivity contribution in [2.45, 2.75) is 26.2 Å². The predicted molar refractivity (Wildman–Crippen MR) is 47.7 cm³/mol. The highest BCUT2D eigenvalue weighted by molar-refractivity contribution is 5.85. The molecule has 0 aliphatic carbocycles. The summed E-state index contributed by atoms with van der Waals surface area (Å²) in [5.74, 6) is 0. The van der Waals surface area contributed by atoms with Gasteiger partial charge in [0.2, 0.25) is 0 Å². The third-order valence-corrected chi connectivity index (χ3v) is 1.70.